The van der Waals surface area contributed by atoms with Gasteiger partial charge in [0.15, 0.2) is 5.65 Å². The number of benzene rings is 2. The molecule has 0 aliphatic heterocycles. The minimum atomic E-state index is -1.23. The maximum Gasteiger partial charge on any atom is 0.234 e. The van der Waals surface area contributed by atoms with Gasteiger partial charge in [0.05, 0.1) is 23.8 Å². The monoisotopic (exact) mass is 470 g/mol. The van der Waals surface area contributed by atoms with E-state index < -0.39 is 5.97 Å². The third kappa shape index (κ3) is 4.22. The van der Waals surface area contributed by atoms with Crippen molar-refractivity contribution in [3.8, 4) is 0 Å². The van der Waals surface area contributed by atoms with Crippen molar-refractivity contribution in [1.29, 1.82) is 0 Å². The summed E-state index contributed by atoms with van der Waals surface area (Å²) >= 11 is 4.47. The van der Waals surface area contributed by atoms with Crippen molar-refractivity contribution in [2.24, 2.45) is 0 Å². The minimum Gasteiger partial charge on any atom is -0.548 e. The number of hydrogen-bond acceptors (Lipinski definition) is 7. The number of carboxylic acids is 1. The Kier molecular flexibility index (Phi) is 5.45. The predicted molar refractivity (Wildman–Crippen MR) is 111 cm³/mol. The van der Waals surface area contributed by atoms with Gasteiger partial charge >= 0.3 is 0 Å². The lowest BCUT2D eigenvalue weighted by atomic mass is 10.2. The fourth-order valence-corrected chi connectivity index (χ4v) is 3.91. The fraction of sp³-hybridized carbons (Fsp3) is 0.105. The lowest BCUT2D eigenvalue weighted by molar-refractivity contribution is -0.306. The molecule has 1 N–H and O–H groups in total. The number of nitrogens with zero attached hydrogens (tertiary/aromatic N) is 4. The van der Waals surface area contributed by atoms with Gasteiger partial charge in [-0.05, 0) is 24.3 Å². The second-order valence-corrected chi connectivity index (χ2v) is 7.95. The Balaban J connectivity index is 1.57. The Morgan fingerprint density at radius 1 is 1.14 bits per heavy atom. The van der Waals surface area contributed by atoms with E-state index in [0.717, 1.165) is 21.6 Å². The molecule has 0 spiro atoms. The highest BCUT2D eigenvalue weighted by atomic mass is 79.9. The molecule has 4 aromatic rings. The number of fused-ring (bicyclic) bond motifs is 3. The van der Waals surface area contributed by atoms with Crippen LogP contribution in [0.2, 0.25) is 0 Å². The second-order valence-electron chi connectivity index (χ2n) is 6.09. The first-order valence-electron chi connectivity index (χ1n) is 8.51. The van der Waals surface area contributed by atoms with Crippen LogP contribution in [0.4, 0.5) is 5.69 Å². The summed E-state index contributed by atoms with van der Waals surface area (Å²) in [6, 6.07) is 14.5. The van der Waals surface area contributed by atoms with Crippen LogP contribution < -0.4 is 10.4 Å². The third-order valence-electron chi connectivity index (χ3n) is 4.08. The van der Waals surface area contributed by atoms with Gasteiger partial charge in [0.25, 0.3) is 0 Å². The van der Waals surface area contributed by atoms with Crippen molar-refractivity contribution in [2.45, 2.75) is 11.7 Å². The number of aliphatic carboxylic acids is 1. The molecule has 0 saturated heterocycles. The first-order chi connectivity index (χ1) is 14.0. The van der Waals surface area contributed by atoms with Gasteiger partial charge in [-0.1, -0.05) is 52.0 Å². The minimum absolute atomic E-state index is 0.0837. The number of rotatable bonds is 6. The number of para-hydroxylation sites is 1. The highest BCUT2D eigenvalue weighted by Gasteiger charge is 2.15. The molecule has 1 amide bonds. The molecule has 2 aromatic heterocycles. The van der Waals surface area contributed by atoms with Crippen molar-refractivity contribution in [3.05, 3.63) is 53.0 Å². The smallest absolute Gasteiger partial charge is 0.234 e. The number of thioether (sulfide) groups is 1. The fourth-order valence-electron chi connectivity index (χ4n) is 2.93. The first-order valence-corrected chi connectivity index (χ1v) is 10.3. The van der Waals surface area contributed by atoms with Gasteiger partial charge in [0, 0.05) is 15.5 Å². The number of amides is 1. The first kappa shape index (κ1) is 19.3. The molecule has 0 bridgehead atoms. The average Bonchev–Trinajstić information content (AvgIpc) is 2.99. The van der Waals surface area contributed by atoms with Gasteiger partial charge in [-0.2, -0.15) is 0 Å². The maximum absolute atomic E-state index is 12.2. The molecular formula is C19H13BrN5O3S-. The zero-order valence-electron chi connectivity index (χ0n) is 14.8. The molecule has 0 saturated carbocycles. The van der Waals surface area contributed by atoms with Gasteiger partial charge in [-0.3, -0.25) is 4.79 Å². The topological polar surface area (TPSA) is 113 Å². The number of carbonyl (C=O) groups is 2. The van der Waals surface area contributed by atoms with Crippen LogP contribution in [0.3, 0.4) is 0 Å². The molecule has 0 fully saturated rings. The van der Waals surface area contributed by atoms with E-state index in [2.05, 4.69) is 36.4 Å². The van der Waals surface area contributed by atoms with Gasteiger partial charge in [0.2, 0.25) is 11.1 Å². The van der Waals surface area contributed by atoms with E-state index in [1.165, 1.54) is 4.57 Å². The molecule has 10 heteroatoms. The van der Waals surface area contributed by atoms with Crippen LogP contribution in [-0.2, 0) is 16.1 Å². The summed E-state index contributed by atoms with van der Waals surface area (Å²) in [4.78, 5) is 27.8. The molecule has 4 rings (SSSR count). The van der Waals surface area contributed by atoms with Crippen LogP contribution in [0.25, 0.3) is 22.1 Å². The molecule has 2 heterocycles. The summed E-state index contributed by atoms with van der Waals surface area (Å²) in [5.74, 6) is -1.36. The largest absolute Gasteiger partial charge is 0.548 e. The number of anilines is 1. The van der Waals surface area contributed by atoms with E-state index in [-0.39, 0.29) is 23.4 Å². The maximum atomic E-state index is 12.2. The zero-order valence-corrected chi connectivity index (χ0v) is 17.2. The van der Waals surface area contributed by atoms with Crippen molar-refractivity contribution in [3.63, 3.8) is 0 Å². The normalized spacial score (nSPS) is 11.1. The molecule has 0 aliphatic carbocycles. The number of halogens is 1. The lowest BCUT2D eigenvalue weighted by Gasteiger charge is -2.07. The highest BCUT2D eigenvalue weighted by Crippen LogP contribution is 2.27. The molecule has 146 valence electrons. The Hall–Kier alpha value is -2.98. The summed E-state index contributed by atoms with van der Waals surface area (Å²) in [7, 11) is 0. The van der Waals surface area contributed by atoms with Crippen LogP contribution in [0.1, 0.15) is 0 Å². The molecule has 0 atom stereocenters. The van der Waals surface area contributed by atoms with Crippen LogP contribution in [0.15, 0.2) is 58.2 Å². The van der Waals surface area contributed by atoms with E-state index in [4.69, 9.17) is 0 Å². The van der Waals surface area contributed by atoms with Gasteiger partial charge in [-0.15, -0.1) is 10.2 Å². The molecular weight excluding hydrogens is 458 g/mol. The number of carbonyl (C=O) groups excluding carboxylic acids is 2. The Morgan fingerprint density at radius 3 is 2.76 bits per heavy atom. The van der Waals surface area contributed by atoms with Gasteiger partial charge < -0.3 is 19.8 Å². The van der Waals surface area contributed by atoms with Crippen LogP contribution in [0.5, 0.6) is 0 Å². The molecule has 8 nitrogen and oxygen atoms in total. The summed E-state index contributed by atoms with van der Waals surface area (Å²) in [6.07, 6.45) is 0. The second kappa shape index (κ2) is 8.18. The van der Waals surface area contributed by atoms with E-state index >= 15 is 0 Å². The van der Waals surface area contributed by atoms with Crippen molar-refractivity contribution in [2.75, 3.05) is 11.1 Å². The van der Waals surface area contributed by atoms with Gasteiger partial charge in [-0.25, -0.2) is 4.98 Å². The zero-order chi connectivity index (χ0) is 20.4. The number of carboxylic acid groups (broad SMARTS) is 1. The molecule has 2 aromatic carbocycles. The van der Waals surface area contributed by atoms with Gasteiger partial charge in [0.1, 0.15) is 5.52 Å². The van der Waals surface area contributed by atoms with Crippen molar-refractivity contribution < 1.29 is 14.7 Å². The Morgan fingerprint density at radius 2 is 1.97 bits per heavy atom. The number of nitrogens with one attached hydrogen (secondary N) is 1. The number of hydrogen-bond donors (Lipinski definition) is 1. The number of aromatic nitrogens is 4. The molecule has 0 radical (unpaired) electrons. The summed E-state index contributed by atoms with van der Waals surface area (Å²) in [6.45, 7) is -0.351. The van der Waals surface area contributed by atoms with E-state index in [1.54, 1.807) is 18.2 Å². The Labute approximate surface area is 177 Å². The summed E-state index contributed by atoms with van der Waals surface area (Å²) < 4.78 is 2.39. The summed E-state index contributed by atoms with van der Waals surface area (Å²) in [5, 5.41) is 23.3. The van der Waals surface area contributed by atoms with E-state index in [9.17, 15) is 14.7 Å². The van der Waals surface area contributed by atoms with Crippen LogP contribution >= 0.6 is 27.7 Å². The highest BCUT2D eigenvalue weighted by molar-refractivity contribution is 9.10. The van der Waals surface area contributed by atoms with Crippen LogP contribution in [0, 0.1) is 0 Å². The van der Waals surface area contributed by atoms with E-state index in [1.807, 2.05) is 30.3 Å². The lowest BCUT2D eigenvalue weighted by Crippen LogP contribution is -2.27. The predicted octanol–water partition coefficient (Wildman–Crippen LogP) is 2.22. The summed E-state index contributed by atoms with van der Waals surface area (Å²) in [5.41, 5.74) is 2.25. The van der Waals surface area contributed by atoms with Crippen molar-refractivity contribution in [1.82, 2.24) is 19.7 Å². The van der Waals surface area contributed by atoms with E-state index in [0.29, 0.717) is 22.4 Å². The quantitative estimate of drug-likeness (QED) is 0.429. The average molecular weight is 471 g/mol. The third-order valence-corrected chi connectivity index (χ3v) is 5.41. The molecule has 29 heavy (non-hydrogen) atoms. The van der Waals surface area contributed by atoms with Crippen molar-refractivity contribution >= 4 is 67.3 Å². The SMILES string of the molecule is O=C([O-])Cn1c2ccccc2c2nnc(SCC(=O)Nc3cccc(Br)c3)nc21. The molecule has 0 unspecified atom stereocenters. The standard InChI is InChI=1S/C19H14BrN5O3S/c20-11-4-3-5-12(8-11)21-15(26)10-29-19-22-18-17(23-24-19)13-6-1-2-7-14(13)25(18)9-16(27)28/h1-8H,9-10H2,(H,21,26)(H,27,28)/p-1. The van der Waals surface area contributed by atoms with Crippen LogP contribution in [-0.4, -0.2) is 37.4 Å². The Bertz CT molecular complexity index is 1240. The molecule has 0 aliphatic rings.